The second-order valence-electron chi connectivity index (χ2n) is 7.77. The van der Waals surface area contributed by atoms with E-state index in [-0.39, 0.29) is 27.2 Å². The maximum absolute atomic E-state index is 13.1. The standard InChI is InChI=1S/C20H22Cl2N6O3S2/c1-3-6-33(30,31)27-14-5-4-13(21)17(15(14)22)26-20(29)12-9-32-18-16(12)23-10-24-19(18)25-11-7-28(2)8-11/h4-5,9-11,27H,3,6-8H2,1-2H3,(H,26,29)(H,23,24,25). The first-order valence-electron chi connectivity index (χ1n) is 10.2. The lowest BCUT2D eigenvalue weighted by Crippen LogP contribution is -2.52. The van der Waals surface area contributed by atoms with Gasteiger partial charge in [0.25, 0.3) is 5.91 Å². The quantitative estimate of drug-likeness (QED) is 0.402. The minimum Gasteiger partial charge on any atom is -0.363 e. The van der Waals surface area contributed by atoms with Crippen molar-refractivity contribution in [1.29, 1.82) is 0 Å². The number of aromatic nitrogens is 2. The van der Waals surface area contributed by atoms with Gasteiger partial charge in [-0.2, -0.15) is 0 Å². The number of amides is 1. The number of carbonyl (C=O) groups excluding carboxylic acids is 1. The SMILES string of the molecule is CCCS(=O)(=O)Nc1ccc(Cl)c(NC(=O)c2csc3c(NC4CN(C)C4)ncnc23)c1Cl. The van der Waals surface area contributed by atoms with Gasteiger partial charge in [-0.15, -0.1) is 11.3 Å². The first kappa shape index (κ1) is 24.0. The van der Waals surface area contributed by atoms with Gasteiger partial charge in [-0.3, -0.25) is 9.52 Å². The lowest BCUT2D eigenvalue weighted by atomic mass is 10.1. The van der Waals surface area contributed by atoms with Crippen LogP contribution in [0.15, 0.2) is 23.8 Å². The molecular weight excluding hydrogens is 507 g/mol. The fraction of sp³-hybridized carbons (Fsp3) is 0.350. The molecule has 1 aromatic carbocycles. The van der Waals surface area contributed by atoms with Crippen LogP contribution in [-0.4, -0.2) is 61.1 Å². The Morgan fingerprint density at radius 2 is 2.03 bits per heavy atom. The molecule has 13 heteroatoms. The van der Waals surface area contributed by atoms with Gasteiger partial charge in [0.2, 0.25) is 10.0 Å². The van der Waals surface area contributed by atoms with Gasteiger partial charge < -0.3 is 15.5 Å². The average Bonchev–Trinajstić information content (AvgIpc) is 3.17. The fourth-order valence-corrected chi connectivity index (χ4v) is 6.18. The summed E-state index contributed by atoms with van der Waals surface area (Å²) in [4.78, 5) is 23.9. The molecule has 33 heavy (non-hydrogen) atoms. The number of carbonyl (C=O) groups is 1. The van der Waals surface area contributed by atoms with E-state index in [1.165, 1.54) is 29.8 Å². The van der Waals surface area contributed by atoms with Crippen molar-refractivity contribution in [3.8, 4) is 0 Å². The average molecular weight is 529 g/mol. The smallest absolute Gasteiger partial charge is 0.258 e. The molecule has 3 heterocycles. The summed E-state index contributed by atoms with van der Waals surface area (Å²) in [5.41, 5.74) is 1.11. The molecule has 1 saturated heterocycles. The number of hydrogen-bond donors (Lipinski definition) is 3. The van der Waals surface area contributed by atoms with Crippen molar-refractivity contribution in [2.45, 2.75) is 19.4 Å². The molecule has 4 rings (SSSR count). The van der Waals surface area contributed by atoms with Crippen LogP contribution in [-0.2, 0) is 10.0 Å². The van der Waals surface area contributed by atoms with Gasteiger partial charge >= 0.3 is 0 Å². The normalized spacial score (nSPS) is 14.8. The third-order valence-corrected chi connectivity index (χ3v) is 8.23. The van der Waals surface area contributed by atoms with Gasteiger partial charge in [0.05, 0.1) is 49.0 Å². The molecule has 0 unspecified atom stereocenters. The van der Waals surface area contributed by atoms with Crippen LogP contribution in [0.2, 0.25) is 10.0 Å². The summed E-state index contributed by atoms with van der Waals surface area (Å²) in [5.74, 6) is 0.166. The third-order valence-electron chi connectivity index (χ3n) is 5.07. The minimum atomic E-state index is -3.57. The number of thiophene rings is 1. The highest BCUT2D eigenvalue weighted by Crippen LogP contribution is 2.38. The molecule has 2 aromatic heterocycles. The van der Waals surface area contributed by atoms with Crippen molar-refractivity contribution in [2.75, 3.05) is 41.2 Å². The lowest BCUT2D eigenvalue weighted by Gasteiger charge is -2.36. The van der Waals surface area contributed by atoms with Crippen LogP contribution in [0.25, 0.3) is 10.2 Å². The van der Waals surface area contributed by atoms with Crippen molar-refractivity contribution >= 4 is 77.9 Å². The molecule has 176 valence electrons. The molecule has 0 aliphatic carbocycles. The fourth-order valence-electron chi connectivity index (χ4n) is 3.51. The molecule has 0 spiro atoms. The van der Waals surface area contributed by atoms with Crippen LogP contribution >= 0.6 is 34.5 Å². The van der Waals surface area contributed by atoms with E-state index in [0.29, 0.717) is 29.4 Å². The molecule has 0 saturated carbocycles. The van der Waals surface area contributed by atoms with E-state index in [9.17, 15) is 13.2 Å². The zero-order chi connectivity index (χ0) is 23.8. The molecule has 0 radical (unpaired) electrons. The topological polar surface area (TPSA) is 116 Å². The Morgan fingerprint density at radius 1 is 1.27 bits per heavy atom. The van der Waals surface area contributed by atoms with Crippen molar-refractivity contribution in [2.24, 2.45) is 0 Å². The van der Waals surface area contributed by atoms with Crippen LogP contribution in [0.5, 0.6) is 0 Å². The first-order chi connectivity index (χ1) is 15.7. The highest BCUT2D eigenvalue weighted by atomic mass is 35.5. The molecule has 3 N–H and O–H groups in total. The monoisotopic (exact) mass is 528 g/mol. The lowest BCUT2D eigenvalue weighted by molar-refractivity contribution is 0.102. The molecule has 3 aromatic rings. The minimum absolute atomic E-state index is 0.00106. The number of anilines is 3. The zero-order valence-corrected chi connectivity index (χ0v) is 21.0. The summed E-state index contributed by atoms with van der Waals surface area (Å²) in [6, 6.07) is 3.22. The number of halogens is 2. The van der Waals surface area contributed by atoms with Gasteiger partial charge in [0.15, 0.2) is 0 Å². The predicted octanol–water partition coefficient (Wildman–Crippen LogP) is 4.13. The second kappa shape index (κ2) is 9.59. The number of hydrogen-bond acceptors (Lipinski definition) is 8. The Bertz CT molecular complexity index is 1310. The Balaban J connectivity index is 1.59. The maximum Gasteiger partial charge on any atom is 0.258 e. The van der Waals surface area contributed by atoms with Gasteiger partial charge in [0, 0.05) is 18.5 Å². The van der Waals surface area contributed by atoms with Crippen molar-refractivity contribution < 1.29 is 13.2 Å². The number of nitrogens with zero attached hydrogens (tertiary/aromatic N) is 3. The molecular formula is C20H22Cl2N6O3S2. The predicted molar refractivity (Wildman–Crippen MR) is 134 cm³/mol. The number of fused-ring (bicyclic) bond motifs is 1. The van der Waals surface area contributed by atoms with Crippen LogP contribution in [0, 0.1) is 0 Å². The number of likely N-dealkylation sites (N-methyl/N-ethyl adjacent to an activating group) is 1. The van der Waals surface area contributed by atoms with E-state index >= 15 is 0 Å². The number of nitrogens with one attached hydrogen (secondary N) is 3. The van der Waals surface area contributed by atoms with E-state index in [1.54, 1.807) is 12.3 Å². The maximum atomic E-state index is 13.1. The van der Waals surface area contributed by atoms with E-state index in [2.05, 4.69) is 30.2 Å². The second-order valence-corrected chi connectivity index (χ2v) is 11.3. The van der Waals surface area contributed by atoms with E-state index in [1.807, 2.05) is 7.05 Å². The molecule has 0 bridgehead atoms. The molecule has 1 aliphatic rings. The van der Waals surface area contributed by atoms with E-state index < -0.39 is 15.9 Å². The summed E-state index contributed by atoms with van der Waals surface area (Å²) in [7, 11) is -1.53. The number of rotatable bonds is 8. The van der Waals surface area contributed by atoms with Gasteiger partial charge in [0.1, 0.15) is 12.1 Å². The van der Waals surface area contributed by atoms with Gasteiger partial charge in [-0.05, 0) is 25.6 Å². The molecule has 9 nitrogen and oxygen atoms in total. The summed E-state index contributed by atoms with van der Waals surface area (Å²) in [6.45, 7) is 3.59. The van der Waals surface area contributed by atoms with Crippen LogP contribution in [0.1, 0.15) is 23.7 Å². The Kier molecular flexibility index (Phi) is 6.96. The van der Waals surface area contributed by atoms with Crippen LogP contribution < -0.4 is 15.4 Å². The highest BCUT2D eigenvalue weighted by molar-refractivity contribution is 7.92. The molecule has 0 atom stereocenters. The summed E-state index contributed by atoms with van der Waals surface area (Å²) >= 11 is 14.0. The molecule has 1 fully saturated rings. The number of likely N-dealkylation sites (tertiary alicyclic amines) is 1. The molecule has 1 aliphatic heterocycles. The number of benzene rings is 1. The molecule has 1 amide bonds. The van der Waals surface area contributed by atoms with Gasteiger partial charge in [-0.1, -0.05) is 30.1 Å². The van der Waals surface area contributed by atoms with Crippen molar-refractivity contribution in [1.82, 2.24) is 14.9 Å². The van der Waals surface area contributed by atoms with E-state index in [0.717, 1.165) is 17.8 Å². The Morgan fingerprint density at radius 3 is 2.73 bits per heavy atom. The first-order valence-corrected chi connectivity index (χ1v) is 13.4. The summed E-state index contributed by atoms with van der Waals surface area (Å²) < 4.78 is 27.5. The van der Waals surface area contributed by atoms with Crippen molar-refractivity contribution in [3.63, 3.8) is 0 Å². The van der Waals surface area contributed by atoms with Crippen molar-refractivity contribution in [3.05, 3.63) is 39.4 Å². The van der Waals surface area contributed by atoms with Gasteiger partial charge in [-0.25, -0.2) is 18.4 Å². The Hall–Kier alpha value is -2.18. The van der Waals surface area contributed by atoms with E-state index in [4.69, 9.17) is 23.2 Å². The summed E-state index contributed by atoms with van der Waals surface area (Å²) in [5, 5.41) is 7.97. The largest absolute Gasteiger partial charge is 0.363 e. The zero-order valence-electron chi connectivity index (χ0n) is 17.9. The Labute approximate surface area is 205 Å². The number of sulfonamides is 1. The highest BCUT2D eigenvalue weighted by Gasteiger charge is 2.25. The third kappa shape index (κ3) is 5.17. The van der Waals surface area contributed by atoms with Crippen LogP contribution in [0.4, 0.5) is 17.2 Å². The summed E-state index contributed by atoms with van der Waals surface area (Å²) in [6.07, 6.45) is 1.87. The van der Waals surface area contributed by atoms with Crippen LogP contribution in [0.3, 0.4) is 0 Å².